The van der Waals surface area contributed by atoms with Crippen molar-refractivity contribution in [3.63, 3.8) is 0 Å². The van der Waals surface area contributed by atoms with Crippen LogP contribution in [-0.2, 0) is 14.3 Å². The fourth-order valence-electron chi connectivity index (χ4n) is 4.05. The highest BCUT2D eigenvalue weighted by Crippen LogP contribution is 2.27. The first-order chi connectivity index (χ1) is 13.9. The molecular formula is C22H28N2O5. The molecule has 0 aromatic heterocycles. The summed E-state index contributed by atoms with van der Waals surface area (Å²) in [5.41, 5.74) is 0.559. The summed E-state index contributed by atoms with van der Waals surface area (Å²) in [6.45, 7) is 3.06. The van der Waals surface area contributed by atoms with Gasteiger partial charge in [0.15, 0.2) is 6.61 Å². The Morgan fingerprint density at radius 3 is 2.10 bits per heavy atom. The molecule has 1 fully saturated rings. The van der Waals surface area contributed by atoms with E-state index >= 15 is 0 Å². The molecule has 0 radical (unpaired) electrons. The normalized spacial score (nSPS) is 18.4. The number of amides is 3. The van der Waals surface area contributed by atoms with Gasteiger partial charge in [0, 0.05) is 6.04 Å². The highest BCUT2D eigenvalue weighted by Gasteiger charge is 2.44. The Morgan fingerprint density at radius 2 is 1.59 bits per heavy atom. The van der Waals surface area contributed by atoms with Crippen molar-refractivity contribution in [1.82, 2.24) is 10.2 Å². The van der Waals surface area contributed by atoms with Crippen molar-refractivity contribution in [2.45, 2.75) is 64.5 Å². The van der Waals surface area contributed by atoms with Crippen molar-refractivity contribution in [3.8, 4) is 0 Å². The number of benzene rings is 1. The van der Waals surface area contributed by atoms with E-state index in [0.29, 0.717) is 0 Å². The van der Waals surface area contributed by atoms with Crippen molar-refractivity contribution >= 4 is 23.7 Å². The molecular weight excluding hydrogens is 372 g/mol. The number of nitrogens with zero attached hydrogens (tertiary/aromatic N) is 1. The molecule has 0 saturated heterocycles. The Bertz CT molecular complexity index is 761. The van der Waals surface area contributed by atoms with Crippen molar-refractivity contribution in [2.75, 3.05) is 6.61 Å². The SMILES string of the molecule is CC(C)[C@H](C(=O)OCC(=O)NC1CCCCCC1)N1C(=O)c2ccccc2C1=O. The zero-order valence-electron chi connectivity index (χ0n) is 17.0. The number of fused-ring (bicyclic) bond motifs is 1. The molecule has 1 aliphatic heterocycles. The lowest BCUT2D eigenvalue weighted by Gasteiger charge is -2.27. The second-order valence-corrected chi connectivity index (χ2v) is 8.08. The number of esters is 1. The summed E-state index contributed by atoms with van der Waals surface area (Å²) in [6, 6.07) is 5.52. The van der Waals surface area contributed by atoms with Gasteiger partial charge in [-0.05, 0) is 30.9 Å². The van der Waals surface area contributed by atoms with E-state index in [1.54, 1.807) is 38.1 Å². The first-order valence-electron chi connectivity index (χ1n) is 10.3. The van der Waals surface area contributed by atoms with Crippen LogP contribution in [0.1, 0.15) is 73.1 Å². The van der Waals surface area contributed by atoms with Gasteiger partial charge in [0.05, 0.1) is 11.1 Å². The fraction of sp³-hybridized carbons (Fsp3) is 0.545. The van der Waals surface area contributed by atoms with E-state index in [0.717, 1.165) is 30.6 Å². The molecule has 0 unspecified atom stereocenters. The van der Waals surface area contributed by atoms with Gasteiger partial charge >= 0.3 is 5.97 Å². The average Bonchev–Trinajstić information content (AvgIpc) is 2.87. The molecule has 1 N–H and O–H groups in total. The van der Waals surface area contributed by atoms with Crippen molar-refractivity contribution < 1.29 is 23.9 Å². The van der Waals surface area contributed by atoms with Crippen LogP contribution in [0.15, 0.2) is 24.3 Å². The van der Waals surface area contributed by atoms with Crippen LogP contribution >= 0.6 is 0 Å². The molecule has 3 amide bonds. The van der Waals surface area contributed by atoms with E-state index in [1.807, 2.05) is 0 Å². The minimum absolute atomic E-state index is 0.112. The third-order valence-electron chi connectivity index (χ3n) is 5.54. The van der Waals surface area contributed by atoms with Gasteiger partial charge in [-0.1, -0.05) is 51.7 Å². The second kappa shape index (κ2) is 9.20. The molecule has 2 aliphatic rings. The predicted octanol–water partition coefficient (Wildman–Crippen LogP) is 2.69. The molecule has 7 heteroatoms. The van der Waals surface area contributed by atoms with Gasteiger partial charge in [0.1, 0.15) is 6.04 Å². The summed E-state index contributed by atoms with van der Waals surface area (Å²) in [6.07, 6.45) is 6.39. The quantitative estimate of drug-likeness (QED) is 0.450. The monoisotopic (exact) mass is 400 g/mol. The van der Waals surface area contributed by atoms with Gasteiger partial charge in [-0.3, -0.25) is 19.3 Å². The Balaban J connectivity index is 1.62. The van der Waals surface area contributed by atoms with Crippen LogP contribution < -0.4 is 5.32 Å². The summed E-state index contributed by atoms with van der Waals surface area (Å²) in [7, 11) is 0. The minimum atomic E-state index is -1.08. The first-order valence-corrected chi connectivity index (χ1v) is 10.3. The van der Waals surface area contributed by atoms with E-state index in [2.05, 4.69) is 5.32 Å². The third kappa shape index (κ3) is 4.66. The van der Waals surface area contributed by atoms with E-state index in [9.17, 15) is 19.2 Å². The third-order valence-corrected chi connectivity index (χ3v) is 5.54. The maximum absolute atomic E-state index is 12.7. The molecule has 1 aliphatic carbocycles. The van der Waals surface area contributed by atoms with E-state index in [-0.39, 0.29) is 29.0 Å². The topological polar surface area (TPSA) is 92.8 Å². The highest BCUT2D eigenvalue weighted by atomic mass is 16.5. The van der Waals surface area contributed by atoms with Crippen molar-refractivity contribution in [1.29, 1.82) is 0 Å². The Morgan fingerprint density at radius 1 is 1.03 bits per heavy atom. The number of nitrogens with one attached hydrogen (secondary N) is 1. The maximum atomic E-state index is 12.7. The predicted molar refractivity (Wildman–Crippen MR) is 106 cm³/mol. The van der Waals surface area contributed by atoms with Crippen LogP contribution in [0.25, 0.3) is 0 Å². The number of ether oxygens (including phenoxy) is 1. The molecule has 7 nitrogen and oxygen atoms in total. The Kier molecular flexibility index (Phi) is 6.67. The zero-order chi connectivity index (χ0) is 21.0. The van der Waals surface area contributed by atoms with Gasteiger partial charge in [0.2, 0.25) is 0 Å². The standard InChI is InChI=1S/C22H28N2O5/c1-14(2)19(24-20(26)16-11-7-8-12-17(16)21(24)27)22(28)29-13-18(25)23-15-9-5-3-4-6-10-15/h7-8,11-12,14-15,19H,3-6,9-10,13H2,1-2H3,(H,23,25)/t19-/m1/s1. The van der Waals surface area contributed by atoms with Gasteiger partial charge in [-0.2, -0.15) is 0 Å². The largest absolute Gasteiger partial charge is 0.454 e. The average molecular weight is 400 g/mol. The zero-order valence-corrected chi connectivity index (χ0v) is 17.0. The minimum Gasteiger partial charge on any atom is -0.454 e. The maximum Gasteiger partial charge on any atom is 0.330 e. The molecule has 1 heterocycles. The van der Waals surface area contributed by atoms with Crippen LogP contribution in [-0.4, -0.2) is 47.3 Å². The molecule has 1 saturated carbocycles. The number of imide groups is 1. The van der Waals surface area contributed by atoms with Gasteiger partial charge in [0.25, 0.3) is 17.7 Å². The second-order valence-electron chi connectivity index (χ2n) is 8.08. The summed E-state index contributed by atoms with van der Waals surface area (Å²) >= 11 is 0. The smallest absolute Gasteiger partial charge is 0.330 e. The Labute approximate surface area is 170 Å². The molecule has 1 atom stereocenters. The van der Waals surface area contributed by atoms with E-state index in [4.69, 9.17) is 4.74 Å². The lowest BCUT2D eigenvalue weighted by atomic mass is 10.0. The summed E-state index contributed by atoms with van der Waals surface area (Å²) in [5, 5.41) is 2.92. The number of carbonyl (C=O) groups excluding carboxylic acids is 4. The van der Waals surface area contributed by atoms with Crippen molar-refractivity contribution in [3.05, 3.63) is 35.4 Å². The highest BCUT2D eigenvalue weighted by molar-refractivity contribution is 6.22. The van der Waals surface area contributed by atoms with Gasteiger partial charge in [-0.15, -0.1) is 0 Å². The molecule has 3 rings (SSSR count). The lowest BCUT2D eigenvalue weighted by Crippen LogP contribution is -2.49. The van der Waals surface area contributed by atoms with Crippen LogP contribution in [0, 0.1) is 5.92 Å². The molecule has 29 heavy (non-hydrogen) atoms. The fourth-order valence-corrected chi connectivity index (χ4v) is 4.05. The molecule has 0 spiro atoms. The van der Waals surface area contributed by atoms with Gasteiger partial charge < -0.3 is 10.1 Å². The number of hydrogen-bond acceptors (Lipinski definition) is 5. The van der Waals surface area contributed by atoms with Crippen molar-refractivity contribution in [2.24, 2.45) is 5.92 Å². The van der Waals surface area contributed by atoms with Crippen LogP contribution in [0.2, 0.25) is 0 Å². The molecule has 0 bridgehead atoms. The number of carbonyl (C=O) groups is 4. The van der Waals surface area contributed by atoms with Crippen LogP contribution in [0.4, 0.5) is 0 Å². The molecule has 1 aromatic rings. The van der Waals surface area contributed by atoms with Gasteiger partial charge in [-0.25, -0.2) is 4.79 Å². The Hall–Kier alpha value is -2.70. The van der Waals surface area contributed by atoms with Crippen LogP contribution in [0.3, 0.4) is 0 Å². The number of rotatable bonds is 6. The molecule has 156 valence electrons. The molecule has 1 aromatic carbocycles. The van der Waals surface area contributed by atoms with E-state index < -0.39 is 30.4 Å². The summed E-state index contributed by atoms with van der Waals surface area (Å²) in [4.78, 5) is 51.3. The summed E-state index contributed by atoms with van der Waals surface area (Å²) in [5.74, 6) is -2.47. The van der Waals surface area contributed by atoms with Crippen LogP contribution in [0.5, 0.6) is 0 Å². The lowest BCUT2D eigenvalue weighted by molar-refractivity contribution is -0.153. The number of hydrogen-bond donors (Lipinski definition) is 1. The first kappa shape index (κ1) is 21.0. The summed E-state index contributed by atoms with van der Waals surface area (Å²) < 4.78 is 5.21. The van der Waals surface area contributed by atoms with E-state index in [1.165, 1.54) is 12.8 Å².